The highest BCUT2D eigenvalue weighted by molar-refractivity contribution is 5.71. The van der Waals surface area contributed by atoms with E-state index in [0.717, 1.165) is 5.69 Å². The summed E-state index contributed by atoms with van der Waals surface area (Å²) in [6.07, 6.45) is 3.77. The predicted octanol–water partition coefficient (Wildman–Crippen LogP) is 1.56. The van der Waals surface area contributed by atoms with E-state index >= 15 is 0 Å². The summed E-state index contributed by atoms with van der Waals surface area (Å²) in [5.41, 5.74) is 1.62. The van der Waals surface area contributed by atoms with Crippen LogP contribution in [0.4, 0.5) is 0 Å². The molecule has 0 N–H and O–H groups in total. The molecule has 4 heteroatoms. The molecule has 1 aromatic heterocycles. The third-order valence-corrected chi connectivity index (χ3v) is 2.03. The summed E-state index contributed by atoms with van der Waals surface area (Å²) in [5, 5.41) is 8.89. The second-order valence-corrected chi connectivity index (χ2v) is 2.95. The second kappa shape index (κ2) is 3.76. The Morgan fingerprint density at radius 1 is 1.40 bits per heavy atom. The minimum absolute atomic E-state index is 0.350. The number of carbonyl (C=O) groups is 1. The van der Waals surface area contributed by atoms with Crippen LogP contribution in [-0.4, -0.2) is 15.8 Å². The third-order valence-electron chi connectivity index (χ3n) is 2.03. The highest BCUT2D eigenvalue weighted by Crippen LogP contribution is 2.13. The molecule has 0 aliphatic rings. The molecule has 0 unspecified atom stereocenters. The molecule has 1 heterocycles. The first-order valence-electron chi connectivity index (χ1n) is 4.34. The third kappa shape index (κ3) is 1.63. The highest BCUT2D eigenvalue weighted by atomic mass is 16.1. The molecule has 2 aromatic rings. The number of carbonyl (C=O) groups excluding carboxylic acids is 1. The smallest absolute Gasteiger partial charge is 0.170 e. The number of imidazole rings is 1. The van der Waals surface area contributed by atoms with E-state index < -0.39 is 0 Å². The summed E-state index contributed by atoms with van der Waals surface area (Å²) < 4.78 is 1.66. The van der Waals surface area contributed by atoms with E-state index in [1.54, 1.807) is 29.0 Å². The number of aldehydes is 1. The molecule has 1 aromatic carbocycles. The number of benzene rings is 1. The van der Waals surface area contributed by atoms with Crippen LogP contribution >= 0.6 is 0 Å². The van der Waals surface area contributed by atoms with Gasteiger partial charge in [-0.2, -0.15) is 5.26 Å². The molecule has 0 aliphatic heterocycles. The first kappa shape index (κ1) is 9.16. The second-order valence-electron chi connectivity index (χ2n) is 2.95. The Morgan fingerprint density at radius 2 is 2.20 bits per heavy atom. The average Bonchev–Trinajstić information content (AvgIpc) is 2.77. The van der Waals surface area contributed by atoms with Crippen LogP contribution in [0.3, 0.4) is 0 Å². The Balaban J connectivity index is 2.54. The zero-order valence-corrected chi connectivity index (χ0v) is 7.79. The number of hydrogen-bond acceptors (Lipinski definition) is 3. The van der Waals surface area contributed by atoms with E-state index in [2.05, 4.69) is 11.1 Å². The largest absolute Gasteiger partial charge is 0.304 e. The van der Waals surface area contributed by atoms with E-state index in [1.807, 2.05) is 6.07 Å². The van der Waals surface area contributed by atoms with Crippen LogP contribution in [0.5, 0.6) is 0 Å². The van der Waals surface area contributed by atoms with Crippen LogP contribution < -0.4 is 0 Å². The molecule has 0 fully saturated rings. The Kier molecular flexibility index (Phi) is 2.30. The van der Waals surface area contributed by atoms with Crippen LogP contribution in [0.25, 0.3) is 5.69 Å². The molecule has 0 aliphatic carbocycles. The number of para-hydroxylation sites is 1. The number of hydrogen-bond donors (Lipinski definition) is 0. The molecule has 2 rings (SSSR count). The molecule has 0 saturated carbocycles. The van der Waals surface area contributed by atoms with Gasteiger partial charge in [0.15, 0.2) is 6.29 Å². The van der Waals surface area contributed by atoms with E-state index in [4.69, 9.17) is 5.26 Å². The molecule has 0 saturated heterocycles. The monoisotopic (exact) mass is 197 g/mol. The van der Waals surface area contributed by atoms with Crippen LogP contribution in [0, 0.1) is 11.3 Å². The van der Waals surface area contributed by atoms with Gasteiger partial charge in [0.1, 0.15) is 18.1 Å². The molecule has 0 amide bonds. The lowest BCUT2D eigenvalue weighted by atomic mass is 10.2. The molecule has 15 heavy (non-hydrogen) atoms. The molecule has 72 valence electrons. The topological polar surface area (TPSA) is 58.7 Å². The predicted molar refractivity (Wildman–Crippen MR) is 53.7 cm³/mol. The molecule has 0 spiro atoms. The van der Waals surface area contributed by atoms with Crippen molar-refractivity contribution in [2.75, 3.05) is 0 Å². The van der Waals surface area contributed by atoms with Gasteiger partial charge in [0.2, 0.25) is 0 Å². The minimum Gasteiger partial charge on any atom is -0.304 e. The van der Waals surface area contributed by atoms with E-state index in [9.17, 15) is 4.79 Å². The van der Waals surface area contributed by atoms with Gasteiger partial charge in [-0.3, -0.25) is 4.79 Å². The van der Waals surface area contributed by atoms with E-state index in [0.29, 0.717) is 17.5 Å². The SMILES string of the molecule is N#Cc1ccccc1-n1cnc(C=O)c1. The fourth-order valence-electron chi connectivity index (χ4n) is 1.32. The lowest BCUT2D eigenvalue weighted by Crippen LogP contribution is -1.93. The van der Waals surface area contributed by atoms with Crippen LogP contribution in [0.2, 0.25) is 0 Å². The Morgan fingerprint density at radius 3 is 2.87 bits per heavy atom. The quantitative estimate of drug-likeness (QED) is 0.686. The number of rotatable bonds is 2. The summed E-state index contributed by atoms with van der Waals surface area (Å²) in [7, 11) is 0. The first-order valence-corrected chi connectivity index (χ1v) is 4.34. The van der Waals surface area contributed by atoms with Crippen LogP contribution in [-0.2, 0) is 0 Å². The summed E-state index contributed by atoms with van der Waals surface area (Å²) in [6, 6.07) is 9.22. The molecule has 4 nitrogen and oxygen atoms in total. The van der Waals surface area contributed by atoms with Crippen LogP contribution in [0.15, 0.2) is 36.8 Å². The average molecular weight is 197 g/mol. The standard InChI is InChI=1S/C11H7N3O/c12-5-9-3-1-2-4-11(9)14-6-10(7-15)13-8-14/h1-4,6-8H. The van der Waals surface area contributed by atoms with E-state index in [1.165, 1.54) is 6.33 Å². The zero-order chi connectivity index (χ0) is 10.7. The Hall–Kier alpha value is -2.41. The Labute approximate surface area is 86.4 Å². The van der Waals surface area contributed by atoms with Gasteiger partial charge in [0.25, 0.3) is 0 Å². The van der Waals surface area contributed by atoms with Crippen LogP contribution in [0.1, 0.15) is 16.1 Å². The van der Waals surface area contributed by atoms with E-state index in [-0.39, 0.29) is 0 Å². The summed E-state index contributed by atoms with van der Waals surface area (Å²) in [5.74, 6) is 0. The fourth-order valence-corrected chi connectivity index (χ4v) is 1.32. The summed E-state index contributed by atoms with van der Waals surface area (Å²) in [6.45, 7) is 0. The number of nitriles is 1. The maximum Gasteiger partial charge on any atom is 0.170 e. The van der Waals surface area contributed by atoms with Gasteiger partial charge in [0.05, 0.1) is 11.3 Å². The number of aromatic nitrogens is 2. The fraction of sp³-hybridized carbons (Fsp3) is 0. The van der Waals surface area contributed by atoms with Crippen molar-refractivity contribution in [1.29, 1.82) is 5.26 Å². The molecule has 0 bridgehead atoms. The van der Waals surface area contributed by atoms with Gasteiger partial charge in [-0.05, 0) is 12.1 Å². The highest BCUT2D eigenvalue weighted by Gasteiger charge is 2.03. The normalized spacial score (nSPS) is 9.53. The van der Waals surface area contributed by atoms with Crippen molar-refractivity contribution in [2.24, 2.45) is 0 Å². The summed E-state index contributed by atoms with van der Waals surface area (Å²) in [4.78, 5) is 14.3. The van der Waals surface area contributed by atoms with Gasteiger partial charge < -0.3 is 4.57 Å². The van der Waals surface area contributed by atoms with Gasteiger partial charge in [-0.25, -0.2) is 4.98 Å². The van der Waals surface area contributed by atoms with Gasteiger partial charge >= 0.3 is 0 Å². The molecular formula is C11H7N3O. The van der Waals surface area contributed by atoms with Gasteiger partial charge in [-0.1, -0.05) is 12.1 Å². The minimum atomic E-state index is 0.350. The lowest BCUT2D eigenvalue weighted by molar-refractivity contribution is 0.111. The Bertz CT molecular complexity index is 537. The van der Waals surface area contributed by atoms with Gasteiger partial charge in [-0.15, -0.1) is 0 Å². The molecule has 0 radical (unpaired) electrons. The van der Waals surface area contributed by atoms with Crippen molar-refractivity contribution in [3.05, 3.63) is 48.0 Å². The summed E-state index contributed by atoms with van der Waals surface area (Å²) >= 11 is 0. The zero-order valence-electron chi connectivity index (χ0n) is 7.79. The maximum absolute atomic E-state index is 10.5. The van der Waals surface area contributed by atoms with Crippen molar-refractivity contribution in [3.8, 4) is 11.8 Å². The van der Waals surface area contributed by atoms with Crippen molar-refractivity contribution >= 4 is 6.29 Å². The van der Waals surface area contributed by atoms with Gasteiger partial charge in [0, 0.05) is 6.20 Å². The van der Waals surface area contributed by atoms with Crippen molar-refractivity contribution in [2.45, 2.75) is 0 Å². The van der Waals surface area contributed by atoms with Crippen molar-refractivity contribution in [3.63, 3.8) is 0 Å². The molecular weight excluding hydrogens is 190 g/mol. The maximum atomic E-state index is 10.5. The number of nitrogens with zero attached hydrogens (tertiary/aromatic N) is 3. The lowest BCUT2D eigenvalue weighted by Gasteiger charge is -2.02. The van der Waals surface area contributed by atoms with Crippen molar-refractivity contribution < 1.29 is 4.79 Å². The van der Waals surface area contributed by atoms with Crippen molar-refractivity contribution in [1.82, 2.24) is 9.55 Å². The molecule has 0 atom stereocenters. The first-order chi connectivity index (χ1) is 7.35.